The summed E-state index contributed by atoms with van der Waals surface area (Å²) in [4.78, 5) is 12.0. The summed E-state index contributed by atoms with van der Waals surface area (Å²) in [6.45, 7) is 0. The number of allylic oxidation sites excluding steroid dienone is 2. The lowest BCUT2D eigenvalue weighted by molar-refractivity contribution is -0.244. The molecule has 4 nitrogen and oxygen atoms in total. The van der Waals surface area contributed by atoms with Gasteiger partial charge in [-0.15, -0.1) is 0 Å². The monoisotopic (exact) mass is 392 g/mol. The van der Waals surface area contributed by atoms with Crippen molar-refractivity contribution >= 4 is 23.2 Å². The molecule has 3 rings (SSSR count). The van der Waals surface area contributed by atoms with Gasteiger partial charge in [-0.3, -0.25) is 9.69 Å². The Balaban J connectivity index is 2.35. The van der Waals surface area contributed by atoms with Gasteiger partial charge in [0.25, 0.3) is 11.5 Å². The van der Waals surface area contributed by atoms with E-state index >= 15 is 0 Å². The minimum absolute atomic E-state index is 0.147. The second-order valence-corrected chi connectivity index (χ2v) is 6.32. The van der Waals surface area contributed by atoms with Gasteiger partial charge in [0.15, 0.2) is 0 Å². The van der Waals surface area contributed by atoms with Crippen LogP contribution in [0, 0.1) is 11.3 Å². The third kappa shape index (κ3) is 2.40. The standard InChI is InChI=1S/C15H6F6N2O2S/c16-14(17,18)11(24)8-5-7(6-22)12-23(13(8,25)15(19,20)21)9-3-1-2-4-10(9)26-12/h1-5,25H/t13-/m1/s1. The first-order valence-electron chi connectivity index (χ1n) is 6.77. The molecule has 0 bridgehead atoms. The second-order valence-electron chi connectivity index (χ2n) is 5.29. The number of thioether (sulfide) groups is 1. The van der Waals surface area contributed by atoms with Crippen LogP contribution in [-0.2, 0) is 4.79 Å². The molecular formula is C15H6F6N2O2S. The second kappa shape index (κ2) is 5.52. The number of halogens is 6. The van der Waals surface area contributed by atoms with Crippen LogP contribution in [0.3, 0.4) is 0 Å². The SMILES string of the molecule is N#CC1=C2Sc3ccccc3N2[C@](O)(C(F)(F)F)C(C(=O)C(F)(F)F)=C1. The highest BCUT2D eigenvalue weighted by Crippen LogP contribution is 2.57. The molecule has 0 spiro atoms. The molecule has 0 amide bonds. The molecule has 0 aromatic heterocycles. The fourth-order valence-corrected chi connectivity index (χ4v) is 3.80. The average molecular weight is 392 g/mol. The Morgan fingerprint density at radius 2 is 1.81 bits per heavy atom. The molecule has 0 aliphatic carbocycles. The average Bonchev–Trinajstić information content (AvgIpc) is 2.93. The van der Waals surface area contributed by atoms with Gasteiger partial charge >= 0.3 is 12.4 Å². The number of carbonyl (C=O) groups excluding carboxylic acids is 1. The minimum atomic E-state index is -5.67. The van der Waals surface area contributed by atoms with Gasteiger partial charge in [-0.2, -0.15) is 31.6 Å². The number of para-hydroxylation sites is 1. The van der Waals surface area contributed by atoms with Gasteiger partial charge < -0.3 is 5.11 Å². The summed E-state index contributed by atoms with van der Waals surface area (Å²) < 4.78 is 79.7. The highest BCUT2D eigenvalue weighted by molar-refractivity contribution is 8.03. The van der Waals surface area contributed by atoms with E-state index in [1.807, 2.05) is 0 Å². The zero-order valence-electron chi connectivity index (χ0n) is 12.3. The molecule has 0 fully saturated rings. The highest BCUT2D eigenvalue weighted by Gasteiger charge is 2.68. The quantitative estimate of drug-likeness (QED) is 0.740. The molecule has 26 heavy (non-hydrogen) atoms. The van der Waals surface area contributed by atoms with Gasteiger partial charge in [0.1, 0.15) is 11.1 Å². The van der Waals surface area contributed by atoms with E-state index in [4.69, 9.17) is 5.26 Å². The number of anilines is 1. The summed E-state index contributed by atoms with van der Waals surface area (Å²) >= 11 is 0.678. The molecular weight excluding hydrogens is 386 g/mol. The maximum Gasteiger partial charge on any atom is 0.454 e. The van der Waals surface area contributed by atoms with Crippen LogP contribution in [0.2, 0.25) is 0 Å². The number of hydrogen-bond acceptors (Lipinski definition) is 5. The molecule has 2 aliphatic heterocycles. The molecule has 1 aromatic carbocycles. The lowest BCUT2D eigenvalue weighted by atomic mass is 9.90. The van der Waals surface area contributed by atoms with Crippen molar-refractivity contribution in [2.24, 2.45) is 0 Å². The third-order valence-corrected chi connectivity index (χ3v) is 4.91. The molecule has 0 radical (unpaired) electrons. The van der Waals surface area contributed by atoms with Crippen molar-refractivity contribution in [3.05, 3.63) is 46.5 Å². The van der Waals surface area contributed by atoms with Gasteiger partial charge in [-0.25, -0.2) is 0 Å². The number of nitriles is 1. The predicted molar refractivity (Wildman–Crippen MR) is 77.6 cm³/mol. The number of fused-ring (bicyclic) bond motifs is 3. The van der Waals surface area contributed by atoms with Gasteiger partial charge in [0.05, 0.1) is 16.8 Å². The molecule has 1 atom stereocenters. The van der Waals surface area contributed by atoms with E-state index in [1.165, 1.54) is 24.3 Å². The van der Waals surface area contributed by atoms with E-state index in [0.717, 1.165) is 6.07 Å². The first-order chi connectivity index (χ1) is 11.9. The molecule has 1 aromatic rings. The van der Waals surface area contributed by atoms with Crippen LogP contribution in [0.5, 0.6) is 0 Å². The molecule has 2 aliphatic rings. The van der Waals surface area contributed by atoms with E-state index < -0.39 is 40.0 Å². The number of carbonyl (C=O) groups is 1. The van der Waals surface area contributed by atoms with Crippen molar-refractivity contribution in [3.63, 3.8) is 0 Å². The number of benzene rings is 1. The number of rotatable bonds is 1. The van der Waals surface area contributed by atoms with Gasteiger partial charge in [-0.05, 0) is 18.2 Å². The maximum absolute atomic E-state index is 13.7. The van der Waals surface area contributed by atoms with Crippen LogP contribution >= 0.6 is 11.8 Å². The van der Waals surface area contributed by atoms with Crippen molar-refractivity contribution < 1.29 is 36.2 Å². The summed E-state index contributed by atoms with van der Waals surface area (Å²) in [5, 5.41) is 19.1. The number of ketones is 1. The van der Waals surface area contributed by atoms with E-state index in [2.05, 4.69) is 0 Å². The van der Waals surface area contributed by atoms with Crippen LogP contribution in [-0.4, -0.2) is 29.0 Å². The summed E-state index contributed by atoms with van der Waals surface area (Å²) in [6.07, 6.45) is -11.2. The number of Topliss-reactive ketones (excluding diaryl/α,β-unsaturated/α-hetero) is 1. The zero-order chi connectivity index (χ0) is 19.5. The van der Waals surface area contributed by atoms with Crippen LogP contribution in [0.25, 0.3) is 0 Å². The van der Waals surface area contributed by atoms with E-state index in [9.17, 15) is 36.2 Å². The predicted octanol–water partition coefficient (Wildman–Crippen LogP) is 3.66. The van der Waals surface area contributed by atoms with Crippen molar-refractivity contribution in [1.82, 2.24) is 0 Å². The van der Waals surface area contributed by atoms with Crippen LogP contribution < -0.4 is 4.90 Å². The molecule has 0 unspecified atom stereocenters. The maximum atomic E-state index is 13.7. The first kappa shape index (κ1) is 18.3. The van der Waals surface area contributed by atoms with Gasteiger partial charge in [-0.1, -0.05) is 23.9 Å². The number of hydrogen-bond donors (Lipinski definition) is 1. The molecule has 11 heteroatoms. The van der Waals surface area contributed by atoms with Crippen LogP contribution in [0.15, 0.2) is 51.4 Å². The van der Waals surface area contributed by atoms with Crippen molar-refractivity contribution in [2.45, 2.75) is 23.0 Å². The summed E-state index contributed by atoms with van der Waals surface area (Å²) in [6, 6.07) is 6.78. The summed E-state index contributed by atoms with van der Waals surface area (Å²) in [5.41, 5.74) is -7.10. The van der Waals surface area contributed by atoms with E-state index in [1.54, 1.807) is 0 Å². The Bertz CT molecular complexity index is 912. The fraction of sp³-hybridized carbons (Fsp3) is 0.200. The lowest BCUT2D eigenvalue weighted by Crippen LogP contribution is -2.62. The topological polar surface area (TPSA) is 64.3 Å². The summed E-state index contributed by atoms with van der Waals surface area (Å²) in [7, 11) is 0. The van der Waals surface area contributed by atoms with E-state index in [0.29, 0.717) is 11.8 Å². The number of aliphatic hydroxyl groups is 1. The Morgan fingerprint density at radius 3 is 2.35 bits per heavy atom. The molecule has 2 heterocycles. The Labute approximate surface area is 146 Å². The minimum Gasteiger partial charge on any atom is -0.359 e. The zero-order valence-corrected chi connectivity index (χ0v) is 13.1. The smallest absolute Gasteiger partial charge is 0.359 e. The number of nitrogens with zero attached hydrogens (tertiary/aromatic N) is 2. The van der Waals surface area contributed by atoms with Crippen molar-refractivity contribution in [2.75, 3.05) is 4.90 Å². The largest absolute Gasteiger partial charge is 0.454 e. The molecule has 136 valence electrons. The summed E-state index contributed by atoms with van der Waals surface area (Å²) in [5.74, 6) is -2.88. The van der Waals surface area contributed by atoms with Gasteiger partial charge in [0.2, 0.25) is 0 Å². The lowest BCUT2D eigenvalue weighted by Gasteiger charge is -2.43. The van der Waals surface area contributed by atoms with E-state index in [-0.39, 0.29) is 21.6 Å². The third-order valence-electron chi connectivity index (χ3n) is 3.75. The van der Waals surface area contributed by atoms with Crippen LogP contribution in [0.4, 0.5) is 32.0 Å². The van der Waals surface area contributed by atoms with Crippen molar-refractivity contribution in [1.29, 1.82) is 5.26 Å². The highest BCUT2D eigenvalue weighted by atomic mass is 32.2. The normalized spacial score (nSPS) is 22.5. The first-order valence-corrected chi connectivity index (χ1v) is 7.59. The van der Waals surface area contributed by atoms with Gasteiger partial charge in [0, 0.05) is 4.90 Å². The Hall–Kier alpha value is -2.45. The Morgan fingerprint density at radius 1 is 1.19 bits per heavy atom. The van der Waals surface area contributed by atoms with Crippen molar-refractivity contribution in [3.8, 4) is 6.07 Å². The van der Waals surface area contributed by atoms with Crippen LogP contribution in [0.1, 0.15) is 0 Å². The fourth-order valence-electron chi connectivity index (χ4n) is 2.65. The molecule has 0 saturated heterocycles. The molecule has 1 N–H and O–H groups in total. The molecule has 0 saturated carbocycles. The number of alkyl halides is 6. The Kier molecular flexibility index (Phi) is 3.90.